The molecule has 1 heterocycles. The highest BCUT2D eigenvalue weighted by Gasteiger charge is 2.24. The van der Waals surface area contributed by atoms with E-state index in [-0.39, 0.29) is 10.8 Å². The molecule has 0 aliphatic rings. The van der Waals surface area contributed by atoms with Crippen LogP contribution >= 0.6 is 0 Å². The Balaban J connectivity index is 1.74. The molecular formula is C40H57N. The molecule has 41 heavy (non-hydrogen) atoms. The van der Waals surface area contributed by atoms with Gasteiger partial charge in [-0.3, -0.25) is 0 Å². The maximum atomic E-state index is 6.17. The van der Waals surface area contributed by atoms with Crippen molar-refractivity contribution < 1.29 is 0 Å². The first-order valence-corrected chi connectivity index (χ1v) is 16.6. The summed E-state index contributed by atoms with van der Waals surface area (Å²) >= 11 is 0. The molecule has 0 spiro atoms. The van der Waals surface area contributed by atoms with Crippen molar-refractivity contribution in [3.05, 3.63) is 46.5 Å². The van der Waals surface area contributed by atoms with Crippen molar-refractivity contribution in [1.29, 1.82) is 0 Å². The third kappa shape index (κ3) is 8.68. The largest absolute Gasteiger partial charge is 0.338 e. The molecular weight excluding hydrogens is 494 g/mol. The number of aromatic nitrogens is 1. The molecule has 1 nitrogen and oxygen atoms in total. The molecule has 0 amide bonds. The number of unbranched alkanes of at least 4 members (excludes halogenated alkanes) is 13. The second-order valence-corrected chi connectivity index (χ2v) is 14.4. The van der Waals surface area contributed by atoms with Crippen molar-refractivity contribution in [2.24, 2.45) is 0 Å². The molecule has 3 aromatic rings. The van der Waals surface area contributed by atoms with Gasteiger partial charge in [0.25, 0.3) is 0 Å². The number of aryl methyl sites for hydroxylation is 1. The Kier molecular flexibility index (Phi) is 12.0. The summed E-state index contributed by atoms with van der Waals surface area (Å²) in [5, 5.41) is 2.49. The van der Waals surface area contributed by atoms with Crippen LogP contribution in [0.4, 0.5) is 0 Å². The molecule has 0 aliphatic heterocycles. The van der Waals surface area contributed by atoms with Gasteiger partial charge in [-0.2, -0.15) is 0 Å². The fraction of sp³-hybridized carbons (Fsp3) is 0.600. The van der Waals surface area contributed by atoms with E-state index in [1.165, 1.54) is 116 Å². The van der Waals surface area contributed by atoms with Crippen LogP contribution in [-0.4, -0.2) is 4.57 Å². The van der Waals surface area contributed by atoms with E-state index in [0.29, 0.717) is 0 Å². The van der Waals surface area contributed by atoms with Gasteiger partial charge in [0.1, 0.15) is 0 Å². The van der Waals surface area contributed by atoms with E-state index in [4.69, 9.17) is 12.8 Å². The Hall–Kier alpha value is -2.64. The maximum Gasteiger partial charge on any atom is 0.0650 e. The average molecular weight is 552 g/mol. The van der Waals surface area contributed by atoms with Gasteiger partial charge in [-0.25, -0.2) is 0 Å². The molecule has 0 unspecified atom stereocenters. The van der Waals surface area contributed by atoms with E-state index in [1.807, 2.05) is 0 Å². The normalized spacial score (nSPS) is 12.2. The van der Waals surface area contributed by atoms with Gasteiger partial charge in [0, 0.05) is 28.4 Å². The van der Waals surface area contributed by atoms with Gasteiger partial charge in [-0.05, 0) is 52.6 Å². The second-order valence-electron chi connectivity index (χ2n) is 14.4. The lowest BCUT2D eigenvalue weighted by Gasteiger charge is -2.20. The summed E-state index contributed by atoms with van der Waals surface area (Å²) in [6.45, 7) is 16.8. The number of benzene rings is 2. The van der Waals surface area contributed by atoms with Gasteiger partial charge in [-0.1, -0.05) is 144 Å². The van der Waals surface area contributed by atoms with Crippen molar-refractivity contribution in [2.45, 2.75) is 156 Å². The summed E-state index contributed by atoms with van der Waals surface area (Å²) in [4.78, 5) is 0. The maximum absolute atomic E-state index is 6.17. The van der Waals surface area contributed by atoms with E-state index in [0.717, 1.165) is 24.1 Å². The van der Waals surface area contributed by atoms with Crippen LogP contribution in [0.2, 0.25) is 0 Å². The van der Waals surface area contributed by atoms with E-state index in [9.17, 15) is 0 Å². The van der Waals surface area contributed by atoms with Crippen LogP contribution < -0.4 is 0 Å². The van der Waals surface area contributed by atoms with Crippen LogP contribution in [0.15, 0.2) is 24.3 Å². The highest BCUT2D eigenvalue weighted by Crippen LogP contribution is 2.39. The average Bonchev–Trinajstić information content (AvgIpc) is 3.25. The minimum Gasteiger partial charge on any atom is -0.338 e. The Bertz CT molecular complexity index is 1260. The zero-order valence-corrected chi connectivity index (χ0v) is 27.5. The number of nitrogens with zero attached hydrogens (tertiary/aromatic N) is 1. The van der Waals surface area contributed by atoms with Crippen molar-refractivity contribution in [2.75, 3.05) is 0 Å². The first-order valence-electron chi connectivity index (χ1n) is 16.6. The minimum atomic E-state index is 0.0133. The molecule has 0 radical (unpaired) electrons. The third-order valence-corrected chi connectivity index (χ3v) is 8.83. The molecule has 0 saturated heterocycles. The Labute approximate surface area is 252 Å². The summed E-state index contributed by atoms with van der Waals surface area (Å²) in [5.41, 5.74) is 6.89. The van der Waals surface area contributed by atoms with E-state index < -0.39 is 0 Å². The van der Waals surface area contributed by atoms with Crippen molar-refractivity contribution in [3.63, 3.8) is 0 Å². The van der Waals surface area contributed by atoms with Crippen molar-refractivity contribution >= 4 is 21.8 Å². The fourth-order valence-corrected chi connectivity index (χ4v) is 6.15. The number of hydrogen-bond donors (Lipinski definition) is 0. The molecule has 222 valence electrons. The number of fused-ring (bicyclic) bond motifs is 3. The number of hydrogen-bond acceptors (Lipinski definition) is 0. The summed E-state index contributed by atoms with van der Waals surface area (Å²) < 4.78 is 2.45. The van der Waals surface area contributed by atoms with Crippen LogP contribution in [0.3, 0.4) is 0 Å². The Morgan fingerprint density at radius 2 is 0.878 bits per heavy atom. The van der Waals surface area contributed by atoms with Crippen molar-refractivity contribution in [1.82, 2.24) is 4.57 Å². The van der Waals surface area contributed by atoms with Gasteiger partial charge >= 0.3 is 0 Å². The Morgan fingerprint density at radius 3 is 1.20 bits per heavy atom. The molecule has 0 saturated carbocycles. The van der Waals surface area contributed by atoms with Gasteiger partial charge < -0.3 is 4.57 Å². The molecule has 0 atom stereocenters. The SMILES string of the molecule is C#Cc1cc(C(C)(C)C)cc2c3cc(C(C)(C)C)cc(C#C)c3n(CCCCCCCCCCCCCCCC)c12. The van der Waals surface area contributed by atoms with E-state index in [2.05, 4.69) is 89.1 Å². The highest BCUT2D eigenvalue weighted by molar-refractivity contribution is 6.12. The topological polar surface area (TPSA) is 4.93 Å². The van der Waals surface area contributed by atoms with E-state index in [1.54, 1.807) is 0 Å². The minimum absolute atomic E-state index is 0.0133. The molecule has 1 aromatic heterocycles. The van der Waals surface area contributed by atoms with Gasteiger partial charge in [0.15, 0.2) is 0 Å². The summed E-state index contributed by atoms with van der Waals surface area (Å²) in [6.07, 6.45) is 31.4. The van der Waals surface area contributed by atoms with Crippen molar-refractivity contribution in [3.8, 4) is 24.7 Å². The third-order valence-electron chi connectivity index (χ3n) is 8.83. The van der Waals surface area contributed by atoms with Crippen LogP contribution in [0.1, 0.15) is 161 Å². The fourth-order valence-electron chi connectivity index (χ4n) is 6.15. The molecule has 0 bridgehead atoms. The van der Waals surface area contributed by atoms with E-state index >= 15 is 0 Å². The summed E-state index contributed by atoms with van der Waals surface area (Å²) in [5.74, 6) is 6.09. The molecule has 0 N–H and O–H groups in total. The molecule has 3 rings (SSSR count). The van der Waals surface area contributed by atoms with Crippen LogP contribution in [0.5, 0.6) is 0 Å². The van der Waals surface area contributed by atoms with Crippen LogP contribution in [0, 0.1) is 24.7 Å². The molecule has 0 fully saturated rings. The Morgan fingerprint density at radius 1 is 0.537 bits per heavy atom. The second kappa shape index (κ2) is 15.0. The van der Waals surface area contributed by atoms with Crippen LogP contribution in [-0.2, 0) is 17.4 Å². The molecule has 2 aromatic carbocycles. The lowest BCUT2D eigenvalue weighted by atomic mass is 9.83. The smallest absolute Gasteiger partial charge is 0.0650 e. The number of rotatable bonds is 15. The lowest BCUT2D eigenvalue weighted by Crippen LogP contribution is -2.11. The molecule has 0 aliphatic carbocycles. The number of terminal acetylenes is 2. The monoisotopic (exact) mass is 551 g/mol. The molecule has 1 heteroatoms. The zero-order chi connectivity index (χ0) is 30.0. The van der Waals surface area contributed by atoms with Gasteiger partial charge in [-0.15, -0.1) is 12.8 Å². The first kappa shape index (κ1) is 32.9. The highest BCUT2D eigenvalue weighted by atomic mass is 15.0. The predicted molar refractivity (Wildman–Crippen MR) is 183 cm³/mol. The lowest BCUT2D eigenvalue weighted by molar-refractivity contribution is 0.528. The zero-order valence-electron chi connectivity index (χ0n) is 27.5. The first-order chi connectivity index (χ1) is 19.5. The summed E-state index contributed by atoms with van der Waals surface area (Å²) in [7, 11) is 0. The van der Waals surface area contributed by atoms with Crippen LogP contribution in [0.25, 0.3) is 21.8 Å². The van der Waals surface area contributed by atoms with Gasteiger partial charge in [0.2, 0.25) is 0 Å². The predicted octanol–water partition coefficient (Wildman–Crippen LogP) is 11.8. The van der Waals surface area contributed by atoms with Gasteiger partial charge in [0.05, 0.1) is 11.0 Å². The quantitative estimate of drug-likeness (QED) is 0.131. The summed E-state index contributed by atoms with van der Waals surface area (Å²) in [6, 6.07) is 9.19. The standard InChI is InChI=1S/C40H57N/c1-10-13-14-15-16-17-18-19-20-21-22-23-24-25-26-41-37-31(11-2)27-33(39(4,5)6)29-35(37)36-30-34(40(7,8)9)28-32(12-3)38(36)41/h2-3,27-30H,10,13-26H2,1,4-9H3.